The molecule has 2 heterocycles. The molecule has 0 bridgehead atoms. The zero-order valence-electron chi connectivity index (χ0n) is 13.5. The van der Waals surface area contributed by atoms with E-state index in [0.717, 1.165) is 18.7 Å². The number of ether oxygens (including phenoxy) is 1. The minimum atomic E-state index is -3.08. The van der Waals surface area contributed by atoms with Crippen molar-refractivity contribution in [3.63, 3.8) is 0 Å². The number of hydrogen-bond donors (Lipinski definition) is 0. The van der Waals surface area contributed by atoms with Crippen molar-refractivity contribution in [3.05, 3.63) is 29.6 Å². The van der Waals surface area contributed by atoms with Gasteiger partial charge in [-0.2, -0.15) is 0 Å². The lowest BCUT2D eigenvalue weighted by Gasteiger charge is -2.21. The lowest BCUT2D eigenvalue weighted by molar-refractivity contribution is 0.289. The van der Waals surface area contributed by atoms with Crippen LogP contribution in [0.25, 0.3) is 0 Å². The summed E-state index contributed by atoms with van der Waals surface area (Å²) in [4.78, 5) is 2.28. The molecule has 23 heavy (non-hydrogen) atoms. The quantitative estimate of drug-likeness (QED) is 0.815. The van der Waals surface area contributed by atoms with Gasteiger partial charge in [0.1, 0.15) is 0 Å². The van der Waals surface area contributed by atoms with E-state index in [-0.39, 0.29) is 17.3 Å². The van der Waals surface area contributed by atoms with E-state index >= 15 is 0 Å². The Labute approximate surface area is 137 Å². The van der Waals surface area contributed by atoms with Gasteiger partial charge in [0.2, 0.25) is 10.0 Å². The Morgan fingerprint density at radius 1 is 1.22 bits per heavy atom. The van der Waals surface area contributed by atoms with Gasteiger partial charge in [-0.1, -0.05) is 6.07 Å². The first kappa shape index (κ1) is 16.7. The average molecular weight is 342 g/mol. The standard InChI is InChI=1S/C16H23FN2O3S/c1-3-23(20,21)19-10-13-8-18(9-14(13)11-19)7-12-4-5-16(22-2)15(17)6-12/h4-6,13-14H,3,7-11H2,1-2H3/t13-,14+. The van der Waals surface area contributed by atoms with Crippen molar-refractivity contribution >= 4 is 10.0 Å². The molecule has 3 rings (SSSR count). The lowest BCUT2D eigenvalue weighted by Crippen LogP contribution is -2.34. The van der Waals surface area contributed by atoms with Gasteiger partial charge in [0.15, 0.2) is 11.6 Å². The summed E-state index contributed by atoms with van der Waals surface area (Å²) in [7, 11) is -1.62. The molecule has 0 radical (unpaired) electrons. The van der Waals surface area contributed by atoms with E-state index in [4.69, 9.17) is 4.74 Å². The maximum absolute atomic E-state index is 13.8. The number of benzene rings is 1. The third-order valence-electron chi connectivity index (χ3n) is 4.91. The molecule has 7 heteroatoms. The molecule has 2 atom stereocenters. The van der Waals surface area contributed by atoms with E-state index in [0.29, 0.717) is 31.5 Å². The van der Waals surface area contributed by atoms with Gasteiger partial charge in [0.25, 0.3) is 0 Å². The van der Waals surface area contributed by atoms with Crippen molar-refractivity contribution in [2.75, 3.05) is 39.0 Å². The molecule has 0 aromatic heterocycles. The van der Waals surface area contributed by atoms with Gasteiger partial charge in [-0.25, -0.2) is 17.1 Å². The highest BCUT2D eigenvalue weighted by atomic mass is 32.2. The van der Waals surface area contributed by atoms with Crippen LogP contribution >= 0.6 is 0 Å². The molecule has 2 aliphatic heterocycles. The third-order valence-corrected chi connectivity index (χ3v) is 6.72. The summed E-state index contributed by atoms with van der Waals surface area (Å²) in [6, 6.07) is 5.04. The highest BCUT2D eigenvalue weighted by Crippen LogP contribution is 2.33. The topological polar surface area (TPSA) is 49.9 Å². The second kappa shape index (κ2) is 6.37. The Bertz CT molecular complexity index is 666. The van der Waals surface area contributed by atoms with E-state index in [1.54, 1.807) is 17.3 Å². The average Bonchev–Trinajstić information content (AvgIpc) is 3.06. The zero-order valence-corrected chi connectivity index (χ0v) is 14.4. The summed E-state index contributed by atoms with van der Waals surface area (Å²) in [6.07, 6.45) is 0. The molecule has 0 spiro atoms. The fourth-order valence-electron chi connectivity index (χ4n) is 3.65. The molecule has 0 unspecified atom stereocenters. The van der Waals surface area contributed by atoms with Crippen molar-refractivity contribution < 1.29 is 17.5 Å². The van der Waals surface area contributed by atoms with E-state index in [1.165, 1.54) is 13.2 Å². The maximum atomic E-state index is 13.8. The number of methoxy groups -OCH3 is 1. The number of fused-ring (bicyclic) bond motifs is 1. The number of likely N-dealkylation sites (tertiary alicyclic amines) is 1. The minimum absolute atomic E-state index is 0.168. The molecular weight excluding hydrogens is 319 g/mol. The van der Waals surface area contributed by atoms with Crippen molar-refractivity contribution in [2.45, 2.75) is 13.5 Å². The number of hydrogen-bond acceptors (Lipinski definition) is 4. The molecule has 0 aliphatic carbocycles. The largest absolute Gasteiger partial charge is 0.494 e. The molecule has 128 valence electrons. The van der Waals surface area contributed by atoms with Crippen LogP contribution in [0.4, 0.5) is 4.39 Å². The monoisotopic (exact) mass is 342 g/mol. The summed E-state index contributed by atoms with van der Waals surface area (Å²) >= 11 is 0. The van der Waals surface area contributed by atoms with Gasteiger partial charge in [-0.15, -0.1) is 0 Å². The minimum Gasteiger partial charge on any atom is -0.494 e. The van der Waals surface area contributed by atoms with Gasteiger partial charge in [-0.05, 0) is 36.5 Å². The molecule has 2 saturated heterocycles. The first-order valence-corrected chi connectivity index (χ1v) is 9.56. The number of nitrogens with zero attached hydrogens (tertiary/aromatic N) is 2. The Morgan fingerprint density at radius 2 is 1.87 bits per heavy atom. The highest BCUT2D eigenvalue weighted by molar-refractivity contribution is 7.89. The fraction of sp³-hybridized carbons (Fsp3) is 0.625. The van der Waals surface area contributed by atoms with Crippen molar-refractivity contribution in [3.8, 4) is 5.75 Å². The third kappa shape index (κ3) is 3.36. The van der Waals surface area contributed by atoms with Gasteiger partial charge in [0, 0.05) is 32.7 Å². The second-order valence-electron chi connectivity index (χ2n) is 6.40. The summed E-state index contributed by atoms with van der Waals surface area (Å²) in [5.41, 5.74) is 0.918. The zero-order chi connectivity index (χ0) is 16.6. The van der Waals surface area contributed by atoms with Crippen LogP contribution in [-0.4, -0.2) is 56.7 Å². The SMILES string of the molecule is CCS(=O)(=O)N1C[C@H]2CN(Cc3ccc(OC)c(F)c3)C[C@H]2C1. The summed E-state index contributed by atoms with van der Waals surface area (Å²) in [6.45, 7) is 5.35. The fourth-order valence-corrected chi connectivity index (χ4v) is 4.85. The first-order chi connectivity index (χ1) is 10.9. The molecule has 0 saturated carbocycles. The molecule has 2 aliphatic rings. The van der Waals surface area contributed by atoms with Gasteiger partial charge in [-0.3, -0.25) is 4.90 Å². The van der Waals surface area contributed by atoms with Crippen molar-refractivity contribution in [2.24, 2.45) is 11.8 Å². The van der Waals surface area contributed by atoms with Crippen LogP contribution in [0.5, 0.6) is 5.75 Å². The molecular formula is C16H23FN2O3S. The van der Waals surface area contributed by atoms with Crippen LogP contribution in [0.1, 0.15) is 12.5 Å². The van der Waals surface area contributed by atoms with Crippen molar-refractivity contribution in [1.82, 2.24) is 9.21 Å². The maximum Gasteiger partial charge on any atom is 0.213 e. The molecule has 5 nitrogen and oxygen atoms in total. The predicted molar refractivity (Wildman–Crippen MR) is 86.2 cm³/mol. The normalized spacial score (nSPS) is 25.7. The summed E-state index contributed by atoms with van der Waals surface area (Å²) in [5, 5.41) is 0. The van der Waals surface area contributed by atoms with E-state index in [1.807, 2.05) is 6.07 Å². The highest BCUT2D eigenvalue weighted by Gasteiger charge is 2.43. The van der Waals surface area contributed by atoms with Gasteiger partial charge < -0.3 is 4.74 Å². The Hall–Kier alpha value is -1.18. The van der Waals surface area contributed by atoms with E-state index < -0.39 is 10.0 Å². The molecule has 1 aromatic rings. The van der Waals surface area contributed by atoms with Crippen LogP contribution in [0.3, 0.4) is 0 Å². The number of halogens is 1. The van der Waals surface area contributed by atoms with E-state index in [2.05, 4.69) is 4.90 Å². The Kier molecular flexibility index (Phi) is 4.62. The molecule has 0 amide bonds. The van der Waals surface area contributed by atoms with Crippen molar-refractivity contribution in [1.29, 1.82) is 0 Å². The van der Waals surface area contributed by atoms with E-state index in [9.17, 15) is 12.8 Å². The smallest absolute Gasteiger partial charge is 0.213 e. The number of rotatable bonds is 5. The summed E-state index contributed by atoms with van der Waals surface area (Å²) < 4.78 is 44.2. The van der Waals surface area contributed by atoms with Crippen LogP contribution in [0.15, 0.2) is 18.2 Å². The molecule has 0 N–H and O–H groups in total. The first-order valence-electron chi connectivity index (χ1n) is 7.95. The van der Waals surface area contributed by atoms with Crippen LogP contribution in [-0.2, 0) is 16.6 Å². The predicted octanol–water partition coefficient (Wildman–Crippen LogP) is 1.55. The molecule has 1 aromatic carbocycles. The number of sulfonamides is 1. The lowest BCUT2D eigenvalue weighted by atomic mass is 10.0. The second-order valence-corrected chi connectivity index (χ2v) is 8.66. The van der Waals surface area contributed by atoms with Crippen LogP contribution < -0.4 is 4.74 Å². The van der Waals surface area contributed by atoms with Gasteiger partial charge >= 0.3 is 0 Å². The van der Waals surface area contributed by atoms with Crippen LogP contribution in [0.2, 0.25) is 0 Å². The van der Waals surface area contributed by atoms with Crippen LogP contribution in [0, 0.1) is 17.7 Å². The molecule has 2 fully saturated rings. The van der Waals surface area contributed by atoms with Gasteiger partial charge in [0.05, 0.1) is 12.9 Å². The Balaban J connectivity index is 1.60. The Morgan fingerprint density at radius 3 is 2.39 bits per heavy atom. The summed E-state index contributed by atoms with van der Waals surface area (Å²) in [5.74, 6) is 0.859.